The first-order valence-corrected chi connectivity index (χ1v) is 11.2. The van der Waals surface area contributed by atoms with E-state index in [0.29, 0.717) is 17.5 Å². The van der Waals surface area contributed by atoms with Gasteiger partial charge in [-0.2, -0.15) is 0 Å². The predicted octanol–water partition coefficient (Wildman–Crippen LogP) is 4.94. The third kappa shape index (κ3) is 2.17. The molecule has 1 unspecified atom stereocenters. The summed E-state index contributed by atoms with van der Waals surface area (Å²) in [5, 5.41) is 16.1. The average Bonchev–Trinajstić information content (AvgIpc) is 3.50. The van der Waals surface area contributed by atoms with Crippen molar-refractivity contribution in [3.63, 3.8) is 0 Å². The van der Waals surface area contributed by atoms with Gasteiger partial charge in [-0.1, -0.05) is 46.3 Å². The normalized spacial score (nSPS) is 20.3. The van der Waals surface area contributed by atoms with Crippen molar-refractivity contribution in [3.8, 4) is 0 Å². The molecule has 0 radical (unpaired) electrons. The van der Waals surface area contributed by atoms with Crippen LogP contribution in [-0.4, -0.2) is 32.6 Å². The van der Waals surface area contributed by atoms with Crippen LogP contribution in [0.1, 0.15) is 33.2 Å². The van der Waals surface area contributed by atoms with Crippen LogP contribution in [0.4, 0.5) is 0 Å². The maximum Gasteiger partial charge on any atom is 0.259 e. The largest absolute Gasteiger partial charge is 0.389 e. The van der Waals surface area contributed by atoms with Crippen LogP contribution >= 0.6 is 15.9 Å². The number of aromatic amines is 1. The first-order valence-electron chi connectivity index (χ1n) is 10.4. The van der Waals surface area contributed by atoms with Crippen LogP contribution in [0.5, 0.6) is 0 Å². The summed E-state index contributed by atoms with van der Waals surface area (Å²) in [5.41, 5.74) is 4.41. The number of fused-ring (bicyclic) bond motifs is 10. The Balaban J connectivity index is 1.81. The van der Waals surface area contributed by atoms with Gasteiger partial charge in [0, 0.05) is 43.5 Å². The molecule has 2 aromatic heterocycles. The molecule has 156 valence electrons. The molecule has 3 heterocycles. The lowest BCUT2D eigenvalue weighted by Gasteiger charge is -2.16. The van der Waals surface area contributed by atoms with Crippen LogP contribution in [0.15, 0.2) is 59.1 Å². The van der Waals surface area contributed by atoms with Gasteiger partial charge in [0.15, 0.2) is 0 Å². The van der Waals surface area contributed by atoms with Crippen molar-refractivity contribution < 1.29 is 14.7 Å². The van der Waals surface area contributed by atoms with Gasteiger partial charge in [0.05, 0.1) is 34.3 Å². The van der Waals surface area contributed by atoms with Crippen molar-refractivity contribution in [1.29, 1.82) is 0 Å². The second kappa shape index (κ2) is 6.09. The number of carbonyl (C=O) groups is 2. The lowest BCUT2D eigenvalue weighted by Crippen LogP contribution is -2.20. The van der Waals surface area contributed by atoms with Crippen LogP contribution in [0, 0.1) is 0 Å². The SMILES string of the molecule is O=C1NC(=O)c2c1c1c3cc(Br)ccc3[nH]c1c1c2c2ccccc2n1C1C=C[C@@H](O)C1. The number of halogens is 1. The molecule has 2 amide bonds. The van der Waals surface area contributed by atoms with E-state index in [9.17, 15) is 14.7 Å². The molecule has 1 aliphatic heterocycles. The Morgan fingerprint density at radius 2 is 1.75 bits per heavy atom. The highest BCUT2D eigenvalue weighted by Crippen LogP contribution is 2.45. The van der Waals surface area contributed by atoms with Gasteiger partial charge in [0.2, 0.25) is 0 Å². The second-order valence-electron chi connectivity index (χ2n) is 8.46. The summed E-state index contributed by atoms with van der Waals surface area (Å²) in [6, 6.07) is 13.8. The number of amides is 2. The maximum absolute atomic E-state index is 13.1. The average molecular weight is 486 g/mol. The molecule has 3 N–H and O–H groups in total. The molecule has 0 saturated heterocycles. The molecule has 0 spiro atoms. The molecular weight excluding hydrogens is 470 g/mol. The van der Waals surface area contributed by atoms with E-state index in [-0.39, 0.29) is 17.9 Å². The van der Waals surface area contributed by atoms with Gasteiger partial charge in [-0.05, 0) is 24.3 Å². The van der Waals surface area contributed by atoms with Crippen LogP contribution in [0.25, 0.3) is 43.6 Å². The van der Waals surface area contributed by atoms with Crippen LogP contribution < -0.4 is 5.32 Å². The zero-order valence-electron chi connectivity index (χ0n) is 16.6. The smallest absolute Gasteiger partial charge is 0.259 e. The molecule has 2 atom stereocenters. The molecule has 2 aliphatic rings. The topological polar surface area (TPSA) is 87.1 Å². The van der Waals surface area contributed by atoms with Crippen LogP contribution in [0.3, 0.4) is 0 Å². The predicted molar refractivity (Wildman–Crippen MR) is 127 cm³/mol. The van der Waals surface area contributed by atoms with Crippen molar-refractivity contribution in [1.82, 2.24) is 14.9 Å². The van der Waals surface area contributed by atoms with E-state index in [1.165, 1.54) is 0 Å². The minimum Gasteiger partial charge on any atom is -0.389 e. The third-order valence-corrected chi connectivity index (χ3v) is 7.20. The zero-order valence-corrected chi connectivity index (χ0v) is 18.2. The Kier molecular flexibility index (Phi) is 3.46. The fourth-order valence-electron chi connectivity index (χ4n) is 5.49. The highest BCUT2D eigenvalue weighted by molar-refractivity contribution is 9.10. The number of aromatic nitrogens is 2. The number of imide groups is 1. The summed E-state index contributed by atoms with van der Waals surface area (Å²) in [5.74, 6) is -0.739. The monoisotopic (exact) mass is 485 g/mol. The molecule has 7 heteroatoms. The molecule has 1 aliphatic carbocycles. The molecule has 7 rings (SSSR count). The van der Waals surface area contributed by atoms with E-state index < -0.39 is 6.10 Å². The Hall–Kier alpha value is -3.42. The summed E-state index contributed by atoms with van der Waals surface area (Å²) in [6.07, 6.45) is 3.88. The highest BCUT2D eigenvalue weighted by Gasteiger charge is 2.36. The molecule has 5 aromatic rings. The molecular formula is C25H16BrN3O3. The number of aliphatic hydroxyl groups is 1. The summed E-state index contributed by atoms with van der Waals surface area (Å²) in [6.45, 7) is 0. The Labute approximate surface area is 189 Å². The van der Waals surface area contributed by atoms with E-state index in [1.807, 2.05) is 54.6 Å². The summed E-state index contributed by atoms with van der Waals surface area (Å²) < 4.78 is 3.09. The molecule has 3 aromatic carbocycles. The van der Waals surface area contributed by atoms with E-state index in [4.69, 9.17) is 0 Å². The first-order chi connectivity index (χ1) is 15.5. The maximum atomic E-state index is 13.1. The molecule has 32 heavy (non-hydrogen) atoms. The minimum absolute atomic E-state index is 0.0630. The molecule has 0 fully saturated rings. The standard InChI is InChI=1S/C25H16BrN3O3/c26-11-5-8-16-15(9-11)18-20-21(25(32)28-24(20)31)19-14-3-1-2-4-17(14)29(23(19)22(18)27-16)12-6-7-13(30)10-12/h1-9,12-13,27,30H,10H2,(H,28,31,32)/t12?,13-/m1/s1. The number of allylic oxidation sites excluding steroid dienone is 1. The van der Waals surface area contributed by atoms with E-state index >= 15 is 0 Å². The van der Waals surface area contributed by atoms with Crippen molar-refractivity contribution in [2.45, 2.75) is 18.6 Å². The number of para-hydroxylation sites is 1. The third-order valence-electron chi connectivity index (χ3n) is 6.71. The van der Waals surface area contributed by atoms with E-state index in [1.54, 1.807) is 0 Å². The number of hydrogen-bond acceptors (Lipinski definition) is 3. The van der Waals surface area contributed by atoms with Gasteiger partial charge < -0.3 is 14.7 Å². The van der Waals surface area contributed by atoms with Gasteiger partial charge in [0.25, 0.3) is 11.8 Å². The lowest BCUT2D eigenvalue weighted by molar-refractivity contribution is 0.0880. The van der Waals surface area contributed by atoms with Crippen molar-refractivity contribution in [2.24, 2.45) is 0 Å². The number of carbonyl (C=O) groups excluding carboxylic acids is 2. The number of H-pyrrole nitrogens is 1. The van der Waals surface area contributed by atoms with Gasteiger partial charge in [-0.15, -0.1) is 0 Å². The lowest BCUT2D eigenvalue weighted by atomic mass is 9.96. The molecule has 0 bridgehead atoms. The van der Waals surface area contributed by atoms with Gasteiger partial charge in [-0.25, -0.2) is 0 Å². The van der Waals surface area contributed by atoms with Gasteiger partial charge >= 0.3 is 0 Å². The van der Waals surface area contributed by atoms with Gasteiger partial charge in [-0.3, -0.25) is 14.9 Å². The Bertz CT molecular complexity index is 1710. The van der Waals surface area contributed by atoms with E-state index in [2.05, 4.69) is 30.8 Å². The summed E-state index contributed by atoms with van der Waals surface area (Å²) in [4.78, 5) is 29.6. The van der Waals surface area contributed by atoms with Crippen LogP contribution in [-0.2, 0) is 0 Å². The Morgan fingerprint density at radius 3 is 2.53 bits per heavy atom. The quantitative estimate of drug-likeness (QED) is 0.232. The molecule has 6 nitrogen and oxygen atoms in total. The Morgan fingerprint density at radius 1 is 0.969 bits per heavy atom. The fourth-order valence-corrected chi connectivity index (χ4v) is 5.85. The number of benzene rings is 3. The summed E-state index contributed by atoms with van der Waals surface area (Å²) in [7, 11) is 0. The number of nitrogens with zero attached hydrogens (tertiary/aromatic N) is 1. The highest BCUT2D eigenvalue weighted by atomic mass is 79.9. The molecule has 0 saturated carbocycles. The minimum atomic E-state index is -0.510. The van der Waals surface area contributed by atoms with Crippen molar-refractivity contribution in [2.75, 3.05) is 0 Å². The van der Waals surface area contributed by atoms with Crippen molar-refractivity contribution in [3.05, 3.63) is 70.2 Å². The number of hydrogen-bond donors (Lipinski definition) is 3. The van der Waals surface area contributed by atoms with Crippen molar-refractivity contribution >= 4 is 71.4 Å². The van der Waals surface area contributed by atoms with E-state index in [0.717, 1.165) is 48.1 Å². The second-order valence-corrected chi connectivity index (χ2v) is 9.38. The van der Waals surface area contributed by atoms with Gasteiger partial charge in [0.1, 0.15) is 0 Å². The fraction of sp³-hybridized carbons (Fsp3) is 0.120. The number of nitrogens with one attached hydrogen (secondary N) is 2. The number of rotatable bonds is 1. The summed E-state index contributed by atoms with van der Waals surface area (Å²) >= 11 is 3.54. The first kappa shape index (κ1) is 18.2. The zero-order chi connectivity index (χ0) is 21.7. The van der Waals surface area contributed by atoms with Crippen LogP contribution in [0.2, 0.25) is 0 Å². The number of aliphatic hydroxyl groups excluding tert-OH is 1.